The van der Waals surface area contributed by atoms with E-state index in [1.165, 1.54) is 0 Å². The molecule has 1 fully saturated rings. The van der Waals surface area contributed by atoms with Crippen molar-refractivity contribution < 1.29 is 29.9 Å². The Morgan fingerprint density at radius 1 is 0.824 bits per heavy atom. The van der Waals surface area contributed by atoms with Crippen LogP contribution in [0, 0.1) is 11.3 Å². The van der Waals surface area contributed by atoms with Gasteiger partial charge in [-0.25, -0.2) is 0 Å². The third-order valence-electron chi connectivity index (χ3n) is 5.99. The molecule has 0 bridgehead atoms. The van der Waals surface area contributed by atoms with Gasteiger partial charge in [0.15, 0.2) is 0 Å². The Balaban J connectivity index is 1.39. The molecule has 0 spiro atoms. The van der Waals surface area contributed by atoms with Gasteiger partial charge in [-0.2, -0.15) is 5.26 Å². The number of aliphatic hydroxyl groups is 4. The van der Waals surface area contributed by atoms with Crippen molar-refractivity contribution in [2.45, 2.75) is 43.5 Å². The molecule has 0 aromatic heterocycles. The van der Waals surface area contributed by atoms with E-state index in [0.717, 1.165) is 22.4 Å². The average Bonchev–Trinajstić information content (AvgIpc) is 2.87. The maximum absolute atomic E-state index is 10.4. The SMILES string of the molecule is N#Cc1ccc(COc2ccc(Cc3cccc([C@@H]4O[C@H](CO)[C@@H](O)[C@H](O)[C@H]4O)c3)cc2)cc1. The third-order valence-corrected chi connectivity index (χ3v) is 5.99. The minimum absolute atomic E-state index is 0.409. The summed E-state index contributed by atoms with van der Waals surface area (Å²) in [5.41, 5.74) is 4.31. The molecule has 1 aliphatic heterocycles. The maximum atomic E-state index is 10.4. The summed E-state index contributed by atoms with van der Waals surface area (Å²) in [4.78, 5) is 0. The third kappa shape index (κ3) is 5.45. The molecule has 0 amide bonds. The summed E-state index contributed by atoms with van der Waals surface area (Å²) in [5, 5.41) is 48.8. The molecule has 34 heavy (non-hydrogen) atoms. The Morgan fingerprint density at radius 3 is 2.21 bits per heavy atom. The molecule has 0 unspecified atom stereocenters. The van der Waals surface area contributed by atoms with Crippen LogP contribution in [0.4, 0.5) is 0 Å². The van der Waals surface area contributed by atoms with Gasteiger partial charge in [-0.3, -0.25) is 0 Å². The summed E-state index contributed by atoms with van der Waals surface area (Å²) in [7, 11) is 0. The second-order valence-corrected chi connectivity index (χ2v) is 8.41. The standard InChI is InChI=1S/C27H27NO6/c28-14-18-4-6-19(7-5-18)16-33-22-10-8-17(9-11-22)12-20-2-1-3-21(13-20)27-26(32)25(31)24(30)23(15-29)34-27/h1-11,13,23-27,29-32H,12,15-16H2/t23-,24-,25+,26-,27+/m1/s1. The Hall–Kier alpha value is -3.25. The monoisotopic (exact) mass is 461 g/mol. The molecule has 0 aliphatic carbocycles. The number of nitrogens with zero attached hydrogens (tertiary/aromatic N) is 1. The molecule has 1 aliphatic rings. The van der Waals surface area contributed by atoms with Crippen molar-refractivity contribution in [3.63, 3.8) is 0 Å². The molecule has 176 valence electrons. The highest BCUT2D eigenvalue weighted by Gasteiger charge is 2.43. The van der Waals surface area contributed by atoms with Crippen LogP contribution in [0.25, 0.3) is 0 Å². The highest BCUT2D eigenvalue weighted by molar-refractivity contribution is 5.35. The van der Waals surface area contributed by atoms with E-state index < -0.39 is 37.1 Å². The topological polar surface area (TPSA) is 123 Å². The number of hydrogen-bond donors (Lipinski definition) is 4. The number of ether oxygens (including phenoxy) is 2. The Morgan fingerprint density at radius 2 is 1.53 bits per heavy atom. The van der Waals surface area contributed by atoms with Crippen molar-refractivity contribution in [3.8, 4) is 11.8 Å². The van der Waals surface area contributed by atoms with Crippen molar-refractivity contribution in [1.82, 2.24) is 0 Å². The zero-order chi connectivity index (χ0) is 24.1. The normalized spacial score (nSPS) is 24.4. The van der Waals surface area contributed by atoms with Crippen molar-refractivity contribution in [2.24, 2.45) is 0 Å². The first-order chi connectivity index (χ1) is 16.5. The average molecular weight is 462 g/mol. The summed E-state index contributed by atoms with van der Waals surface area (Å²) in [6.45, 7) is -0.0487. The molecule has 5 atom stereocenters. The van der Waals surface area contributed by atoms with E-state index in [1.807, 2.05) is 54.6 Å². The molecule has 1 heterocycles. The van der Waals surface area contributed by atoms with E-state index >= 15 is 0 Å². The highest BCUT2D eigenvalue weighted by Crippen LogP contribution is 2.33. The van der Waals surface area contributed by atoms with E-state index in [9.17, 15) is 20.4 Å². The van der Waals surface area contributed by atoms with Gasteiger partial charge in [-0.15, -0.1) is 0 Å². The summed E-state index contributed by atoms with van der Waals surface area (Å²) >= 11 is 0. The van der Waals surface area contributed by atoms with Gasteiger partial charge in [0.1, 0.15) is 42.9 Å². The lowest BCUT2D eigenvalue weighted by atomic mass is 9.90. The van der Waals surface area contributed by atoms with Crippen LogP contribution in [0.1, 0.15) is 33.9 Å². The first kappa shape index (κ1) is 23.9. The van der Waals surface area contributed by atoms with Gasteiger partial charge in [0.25, 0.3) is 0 Å². The minimum Gasteiger partial charge on any atom is -0.489 e. The van der Waals surface area contributed by atoms with E-state index in [-0.39, 0.29) is 0 Å². The molecule has 7 nitrogen and oxygen atoms in total. The van der Waals surface area contributed by atoms with Gasteiger partial charge in [0, 0.05) is 0 Å². The lowest BCUT2D eigenvalue weighted by molar-refractivity contribution is -0.231. The summed E-state index contributed by atoms with van der Waals surface area (Å²) in [6, 6.07) is 24.6. The number of hydrogen-bond acceptors (Lipinski definition) is 7. The van der Waals surface area contributed by atoms with Crippen LogP contribution >= 0.6 is 0 Å². The van der Waals surface area contributed by atoms with Crippen LogP contribution < -0.4 is 4.74 Å². The van der Waals surface area contributed by atoms with Gasteiger partial charge >= 0.3 is 0 Å². The second-order valence-electron chi connectivity index (χ2n) is 8.41. The fourth-order valence-corrected chi connectivity index (χ4v) is 4.04. The first-order valence-electron chi connectivity index (χ1n) is 11.1. The van der Waals surface area contributed by atoms with E-state index in [4.69, 9.17) is 14.7 Å². The van der Waals surface area contributed by atoms with Gasteiger partial charge in [-0.1, -0.05) is 48.5 Å². The van der Waals surface area contributed by atoms with Crippen molar-refractivity contribution >= 4 is 0 Å². The van der Waals surface area contributed by atoms with Crippen LogP contribution in [0.5, 0.6) is 5.75 Å². The van der Waals surface area contributed by atoms with Crippen LogP contribution in [0.2, 0.25) is 0 Å². The van der Waals surface area contributed by atoms with Crippen LogP contribution in [0.15, 0.2) is 72.8 Å². The molecule has 3 aromatic rings. The fraction of sp³-hybridized carbons (Fsp3) is 0.296. The number of rotatable bonds is 7. The molecule has 4 rings (SSSR count). The summed E-state index contributed by atoms with van der Waals surface area (Å²) in [6.07, 6.45) is -5.24. The Kier molecular flexibility index (Phi) is 7.58. The van der Waals surface area contributed by atoms with Crippen LogP contribution in [0.3, 0.4) is 0 Å². The predicted molar refractivity (Wildman–Crippen MR) is 124 cm³/mol. The van der Waals surface area contributed by atoms with Crippen LogP contribution in [-0.4, -0.2) is 51.4 Å². The largest absolute Gasteiger partial charge is 0.489 e. The summed E-state index contributed by atoms with van der Waals surface area (Å²) in [5.74, 6) is 0.739. The Bertz CT molecular complexity index is 1120. The molecular weight excluding hydrogens is 434 g/mol. The van der Waals surface area contributed by atoms with Crippen molar-refractivity contribution in [2.75, 3.05) is 6.61 Å². The molecule has 4 N–H and O–H groups in total. The van der Waals surface area contributed by atoms with Crippen molar-refractivity contribution in [3.05, 3.63) is 101 Å². The zero-order valence-electron chi connectivity index (χ0n) is 18.5. The van der Waals surface area contributed by atoms with Gasteiger partial charge in [0.05, 0.1) is 18.2 Å². The smallest absolute Gasteiger partial charge is 0.119 e. The lowest BCUT2D eigenvalue weighted by Crippen LogP contribution is -2.55. The summed E-state index contributed by atoms with van der Waals surface area (Å²) < 4.78 is 11.5. The van der Waals surface area contributed by atoms with Gasteiger partial charge in [-0.05, 0) is 52.9 Å². The minimum atomic E-state index is -1.41. The molecule has 0 radical (unpaired) electrons. The van der Waals surface area contributed by atoms with Crippen LogP contribution in [-0.2, 0) is 17.8 Å². The first-order valence-corrected chi connectivity index (χ1v) is 11.1. The van der Waals surface area contributed by atoms with Crippen molar-refractivity contribution in [1.29, 1.82) is 5.26 Å². The zero-order valence-corrected chi connectivity index (χ0v) is 18.5. The number of benzene rings is 3. The fourth-order valence-electron chi connectivity index (χ4n) is 4.04. The van der Waals surface area contributed by atoms with Gasteiger partial charge in [0.2, 0.25) is 0 Å². The predicted octanol–water partition coefficient (Wildman–Crippen LogP) is 2.24. The van der Waals surface area contributed by atoms with Gasteiger partial charge < -0.3 is 29.9 Å². The highest BCUT2D eigenvalue weighted by atomic mass is 16.5. The molecule has 3 aromatic carbocycles. The molecular formula is C27H27NO6. The molecule has 7 heteroatoms. The number of aliphatic hydroxyl groups excluding tert-OH is 4. The van der Waals surface area contributed by atoms with E-state index in [0.29, 0.717) is 24.2 Å². The quantitative estimate of drug-likeness (QED) is 0.426. The molecule has 1 saturated heterocycles. The maximum Gasteiger partial charge on any atom is 0.119 e. The van der Waals surface area contributed by atoms with E-state index in [2.05, 4.69) is 6.07 Å². The molecule has 0 saturated carbocycles. The second kappa shape index (κ2) is 10.8. The van der Waals surface area contributed by atoms with E-state index in [1.54, 1.807) is 18.2 Å². The number of nitriles is 1. The Labute approximate surface area is 198 Å². The lowest BCUT2D eigenvalue weighted by Gasteiger charge is -2.40.